The summed E-state index contributed by atoms with van der Waals surface area (Å²) in [5.74, 6) is -0.902. The first-order valence-corrected chi connectivity index (χ1v) is 10.6. The molecule has 0 fully saturated rings. The van der Waals surface area contributed by atoms with Crippen molar-refractivity contribution in [2.75, 3.05) is 6.54 Å². The van der Waals surface area contributed by atoms with Crippen LogP contribution >= 0.6 is 11.3 Å². The molecule has 2 atom stereocenters. The summed E-state index contributed by atoms with van der Waals surface area (Å²) < 4.78 is 14.1. The Morgan fingerprint density at radius 2 is 1.86 bits per heavy atom. The summed E-state index contributed by atoms with van der Waals surface area (Å²) >= 11 is 1.26. The zero-order valence-electron chi connectivity index (χ0n) is 16.3. The van der Waals surface area contributed by atoms with E-state index in [9.17, 15) is 19.4 Å². The van der Waals surface area contributed by atoms with Gasteiger partial charge < -0.3 is 15.1 Å². The minimum Gasteiger partial charge on any atom is -0.383 e. The summed E-state index contributed by atoms with van der Waals surface area (Å²) in [7, 11) is 0. The average Bonchev–Trinajstić information content (AvgIpc) is 3.17. The van der Waals surface area contributed by atoms with Crippen molar-refractivity contribution in [2.45, 2.75) is 44.9 Å². The van der Waals surface area contributed by atoms with Crippen molar-refractivity contribution >= 4 is 27.5 Å². The maximum Gasteiger partial charge on any atom is 0.254 e. The van der Waals surface area contributed by atoms with Crippen LogP contribution in [0.15, 0.2) is 48.5 Å². The summed E-state index contributed by atoms with van der Waals surface area (Å²) in [5, 5.41) is 21.5. The molecule has 1 amide bonds. The van der Waals surface area contributed by atoms with Crippen LogP contribution in [0.1, 0.15) is 42.9 Å². The fourth-order valence-electron chi connectivity index (χ4n) is 3.10. The van der Waals surface area contributed by atoms with E-state index < -0.39 is 18.1 Å². The van der Waals surface area contributed by atoms with Gasteiger partial charge in [0.25, 0.3) is 5.91 Å². The minimum absolute atomic E-state index is 0.243. The first-order chi connectivity index (χ1) is 14.0. The Kier molecular flexibility index (Phi) is 7.30. The summed E-state index contributed by atoms with van der Waals surface area (Å²) in [6.45, 7) is 2.76. The van der Waals surface area contributed by atoms with Gasteiger partial charge in [-0.1, -0.05) is 44.0 Å². The van der Waals surface area contributed by atoms with Gasteiger partial charge in [-0.15, -0.1) is 11.3 Å². The normalized spacial score (nSPS) is 13.4. The van der Waals surface area contributed by atoms with E-state index in [2.05, 4.69) is 11.9 Å². The Morgan fingerprint density at radius 1 is 1.14 bits per heavy atom. The van der Waals surface area contributed by atoms with Crippen LogP contribution in [0, 0.1) is 5.82 Å². The number of aromatic nitrogens is 1. The van der Waals surface area contributed by atoms with Gasteiger partial charge in [0.2, 0.25) is 0 Å². The second-order valence-electron chi connectivity index (χ2n) is 7.00. The van der Waals surface area contributed by atoms with E-state index in [1.54, 1.807) is 12.1 Å². The van der Waals surface area contributed by atoms with E-state index in [1.165, 1.54) is 28.4 Å². The van der Waals surface area contributed by atoms with Crippen LogP contribution < -0.4 is 0 Å². The average molecular weight is 417 g/mol. The highest BCUT2D eigenvalue weighted by molar-refractivity contribution is 7.18. The van der Waals surface area contributed by atoms with E-state index in [-0.39, 0.29) is 12.4 Å². The Hall–Kier alpha value is -2.35. The van der Waals surface area contributed by atoms with Crippen LogP contribution in [-0.4, -0.2) is 38.7 Å². The van der Waals surface area contributed by atoms with Crippen LogP contribution in [-0.2, 0) is 11.3 Å². The molecule has 3 rings (SSSR count). The van der Waals surface area contributed by atoms with Crippen LogP contribution in [0.25, 0.3) is 10.2 Å². The smallest absolute Gasteiger partial charge is 0.254 e. The third-order valence-electron chi connectivity index (χ3n) is 4.75. The molecule has 0 spiro atoms. The van der Waals surface area contributed by atoms with Crippen molar-refractivity contribution in [2.24, 2.45) is 0 Å². The first-order valence-electron chi connectivity index (χ1n) is 9.74. The van der Waals surface area contributed by atoms with E-state index in [0.29, 0.717) is 11.6 Å². The number of thiazole rings is 1. The van der Waals surface area contributed by atoms with Crippen molar-refractivity contribution in [1.29, 1.82) is 0 Å². The molecule has 3 aromatic rings. The Balaban J connectivity index is 1.75. The van der Waals surface area contributed by atoms with Gasteiger partial charge in [-0.05, 0) is 36.2 Å². The molecule has 0 aliphatic heterocycles. The number of nitrogens with zero attached hydrogens (tertiary/aromatic N) is 2. The van der Waals surface area contributed by atoms with Gasteiger partial charge in [-0.2, -0.15) is 0 Å². The van der Waals surface area contributed by atoms with Crippen molar-refractivity contribution in [3.63, 3.8) is 0 Å². The minimum atomic E-state index is -1.61. The molecule has 1 aromatic heterocycles. The highest BCUT2D eigenvalue weighted by Crippen LogP contribution is 2.28. The predicted molar refractivity (Wildman–Crippen MR) is 112 cm³/mol. The predicted octanol–water partition coefficient (Wildman–Crippen LogP) is 4.05. The number of aliphatic hydroxyl groups is 2. The molecule has 0 aliphatic rings. The number of rotatable bonds is 9. The van der Waals surface area contributed by atoms with Gasteiger partial charge in [-0.3, -0.25) is 4.79 Å². The molecule has 2 unspecified atom stereocenters. The molecule has 2 aromatic carbocycles. The number of amides is 1. The zero-order chi connectivity index (χ0) is 20.8. The second-order valence-corrected chi connectivity index (χ2v) is 8.07. The van der Waals surface area contributed by atoms with Crippen molar-refractivity contribution in [3.8, 4) is 0 Å². The molecule has 2 N–H and O–H groups in total. The summed E-state index contributed by atoms with van der Waals surface area (Å²) in [6, 6.07) is 13.3. The van der Waals surface area contributed by atoms with Crippen LogP contribution in [0.5, 0.6) is 0 Å². The van der Waals surface area contributed by atoms with E-state index in [4.69, 9.17) is 0 Å². The number of halogens is 1. The lowest BCUT2D eigenvalue weighted by atomic mass is 10.1. The maximum absolute atomic E-state index is 13.2. The largest absolute Gasteiger partial charge is 0.383 e. The van der Waals surface area contributed by atoms with Crippen LogP contribution in [0.2, 0.25) is 0 Å². The number of fused-ring (bicyclic) bond motifs is 1. The Labute approximate surface area is 173 Å². The molecule has 0 aliphatic carbocycles. The zero-order valence-corrected chi connectivity index (χ0v) is 17.1. The fourth-order valence-corrected chi connectivity index (χ4v) is 4.09. The number of carbonyl (C=O) groups excluding carboxylic acids is 1. The number of aliphatic hydroxyl groups excluding tert-OH is 2. The Morgan fingerprint density at radius 3 is 2.55 bits per heavy atom. The molecule has 5 nitrogen and oxygen atoms in total. The summed E-state index contributed by atoms with van der Waals surface area (Å²) in [5.41, 5.74) is 1.48. The fraction of sp³-hybridized carbons (Fsp3) is 0.364. The highest BCUT2D eigenvalue weighted by Gasteiger charge is 2.31. The number of hydrogen-bond donors (Lipinski definition) is 2. The van der Waals surface area contributed by atoms with E-state index >= 15 is 0 Å². The van der Waals surface area contributed by atoms with Gasteiger partial charge in [-0.25, -0.2) is 9.37 Å². The summed E-state index contributed by atoms with van der Waals surface area (Å²) in [4.78, 5) is 18.8. The van der Waals surface area contributed by atoms with Gasteiger partial charge in [0, 0.05) is 13.1 Å². The molecule has 0 bridgehead atoms. The molecule has 29 heavy (non-hydrogen) atoms. The number of para-hydroxylation sites is 1. The van der Waals surface area contributed by atoms with Crippen molar-refractivity contribution in [3.05, 3.63) is 64.9 Å². The monoisotopic (exact) mass is 416 g/mol. The lowest BCUT2D eigenvalue weighted by molar-refractivity contribution is -0.147. The molecular formula is C22H25FN2O3S. The summed E-state index contributed by atoms with van der Waals surface area (Å²) in [6.07, 6.45) is -0.286. The van der Waals surface area contributed by atoms with Crippen LogP contribution in [0.4, 0.5) is 4.39 Å². The quantitative estimate of drug-likeness (QED) is 0.516. The topological polar surface area (TPSA) is 73.7 Å². The van der Waals surface area contributed by atoms with Gasteiger partial charge in [0.1, 0.15) is 16.9 Å². The van der Waals surface area contributed by atoms with Gasteiger partial charge in [0.05, 0.1) is 10.2 Å². The Bertz CT molecular complexity index is 912. The molecule has 7 heteroatoms. The highest BCUT2D eigenvalue weighted by atomic mass is 32.1. The number of unbranched alkanes of at least 4 members (excludes halogenated alkanes) is 2. The molecule has 1 heterocycles. The number of hydrogen-bond acceptors (Lipinski definition) is 5. The number of carbonyl (C=O) groups is 1. The standard InChI is InChI=1S/C22H25FN2O3S/c1-2-3-6-13-25(14-15-9-11-16(23)12-10-15)22(28)20(27)19(26)21-24-17-7-4-5-8-18(17)29-21/h4-5,7-12,19-20,26-27H,2-3,6,13-14H2,1H3. The third-order valence-corrected chi connectivity index (χ3v) is 5.85. The third kappa shape index (κ3) is 5.38. The van der Waals surface area contributed by atoms with Gasteiger partial charge >= 0.3 is 0 Å². The lowest BCUT2D eigenvalue weighted by Crippen LogP contribution is -2.42. The second kappa shape index (κ2) is 9.91. The molecule has 0 radical (unpaired) electrons. The molecule has 0 saturated carbocycles. The molecule has 0 saturated heterocycles. The molecular weight excluding hydrogens is 391 g/mol. The molecule has 154 valence electrons. The number of benzene rings is 2. The van der Waals surface area contributed by atoms with Crippen molar-refractivity contribution < 1.29 is 19.4 Å². The van der Waals surface area contributed by atoms with E-state index in [0.717, 1.165) is 35.0 Å². The van der Waals surface area contributed by atoms with E-state index in [1.807, 2.05) is 24.3 Å². The maximum atomic E-state index is 13.2. The first kappa shape index (κ1) is 21.4. The van der Waals surface area contributed by atoms with Gasteiger partial charge in [0.15, 0.2) is 6.10 Å². The van der Waals surface area contributed by atoms with Crippen LogP contribution in [0.3, 0.4) is 0 Å². The SMILES string of the molecule is CCCCCN(Cc1ccc(F)cc1)C(=O)C(O)C(O)c1nc2ccccc2s1. The van der Waals surface area contributed by atoms with Crippen molar-refractivity contribution in [1.82, 2.24) is 9.88 Å². The lowest BCUT2D eigenvalue weighted by Gasteiger charge is -2.27.